The lowest BCUT2D eigenvalue weighted by atomic mass is 9.88. The van der Waals surface area contributed by atoms with E-state index in [1.807, 2.05) is 6.07 Å². The summed E-state index contributed by atoms with van der Waals surface area (Å²) in [5.41, 5.74) is 4.08. The Hall–Kier alpha value is -2.28. The largest absolute Gasteiger partial charge is 0.469 e. The van der Waals surface area contributed by atoms with Crippen LogP contribution < -0.4 is 0 Å². The van der Waals surface area contributed by atoms with Gasteiger partial charge in [-0.1, -0.05) is 73.5 Å². The molecule has 0 radical (unpaired) electrons. The van der Waals surface area contributed by atoms with Gasteiger partial charge in [-0.3, -0.25) is 0 Å². The monoisotopic (exact) mass is 318 g/mol. The Morgan fingerprint density at radius 2 is 1.54 bits per heavy atom. The van der Waals surface area contributed by atoms with Crippen LogP contribution in [0.3, 0.4) is 0 Å². The zero-order valence-electron chi connectivity index (χ0n) is 14.6. The van der Waals surface area contributed by atoms with Crippen molar-refractivity contribution in [3.63, 3.8) is 0 Å². The summed E-state index contributed by atoms with van der Waals surface area (Å²) >= 11 is 0. The second kappa shape index (κ2) is 8.01. The summed E-state index contributed by atoms with van der Waals surface area (Å²) in [6, 6.07) is 23.8. The summed E-state index contributed by atoms with van der Waals surface area (Å²) in [6.45, 7) is 4.45. The van der Waals surface area contributed by atoms with E-state index in [-0.39, 0.29) is 0 Å². The molecule has 1 aromatic heterocycles. The van der Waals surface area contributed by atoms with Crippen molar-refractivity contribution < 1.29 is 4.42 Å². The van der Waals surface area contributed by atoms with E-state index in [2.05, 4.69) is 74.5 Å². The summed E-state index contributed by atoms with van der Waals surface area (Å²) in [5, 5.41) is 0. The lowest BCUT2D eigenvalue weighted by Crippen LogP contribution is -2.02. The highest BCUT2D eigenvalue weighted by Crippen LogP contribution is 2.32. The van der Waals surface area contributed by atoms with Crippen molar-refractivity contribution in [2.24, 2.45) is 0 Å². The van der Waals surface area contributed by atoms with Crippen molar-refractivity contribution in [3.05, 3.63) is 95.4 Å². The number of hydrogen-bond acceptors (Lipinski definition) is 1. The summed E-state index contributed by atoms with van der Waals surface area (Å²) in [4.78, 5) is 0. The number of hydrogen-bond donors (Lipinski definition) is 0. The van der Waals surface area contributed by atoms with Crippen LogP contribution >= 0.6 is 0 Å². The number of rotatable bonds is 7. The summed E-state index contributed by atoms with van der Waals surface area (Å²) in [6.07, 6.45) is 5.29. The molecule has 3 aromatic rings. The van der Waals surface area contributed by atoms with E-state index in [0.29, 0.717) is 11.8 Å². The van der Waals surface area contributed by atoms with E-state index in [0.717, 1.165) is 12.2 Å². The first-order valence-corrected chi connectivity index (χ1v) is 8.89. The first-order valence-electron chi connectivity index (χ1n) is 8.89. The van der Waals surface area contributed by atoms with Gasteiger partial charge < -0.3 is 4.42 Å². The van der Waals surface area contributed by atoms with Gasteiger partial charge in [0, 0.05) is 5.92 Å². The van der Waals surface area contributed by atoms with Crippen molar-refractivity contribution >= 4 is 0 Å². The molecule has 0 spiro atoms. The topological polar surface area (TPSA) is 13.1 Å². The number of furan rings is 1. The average molecular weight is 318 g/mol. The Bertz CT molecular complexity index is 710. The lowest BCUT2D eigenvalue weighted by molar-refractivity contribution is 0.459. The van der Waals surface area contributed by atoms with Gasteiger partial charge in [-0.15, -0.1) is 0 Å². The number of benzene rings is 2. The molecule has 3 rings (SSSR count). The zero-order chi connectivity index (χ0) is 16.8. The third-order valence-corrected chi connectivity index (χ3v) is 4.86. The predicted octanol–water partition coefficient (Wildman–Crippen LogP) is 6.69. The molecule has 0 aliphatic carbocycles. The van der Waals surface area contributed by atoms with Crippen LogP contribution in [-0.4, -0.2) is 0 Å². The molecule has 0 amide bonds. The molecule has 0 aliphatic heterocycles. The second-order valence-corrected chi connectivity index (χ2v) is 6.72. The molecule has 0 N–H and O–H groups in total. The van der Waals surface area contributed by atoms with Gasteiger partial charge >= 0.3 is 0 Å². The third-order valence-electron chi connectivity index (χ3n) is 4.86. The maximum absolute atomic E-state index is 5.72. The Balaban J connectivity index is 1.66. The minimum absolute atomic E-state index is 0.351. The lowest BCUT2D eigenvalue weighted by Gasteiger charge is -2.17. The van der Waals surface area contributed by atoms with Crippen molar-refractivity contribution in [2.75, 3.05) is 0 Å². The van der Waals surface area contributed by atoms with Crippen LogP contribution in [0, 0.1) is 6.92 Å². The van der Waals surface area contributed by atoms with Gasteiger partial charge in [0.05, 0.1) is 6.26 Å². The van der Waals surface area contributed by atoms with Gasteiger partial charge in [0.15, 0.2) is 0 Å². The molecule has 124 valence electrons. The van der Waals surface area contributed by atoms with Gasteiger partial charge in [-0.2, -0.15) is 0 Å². The van der Waals surface area contributed by atoms with E-state index in [9.17, 15) is 0 Å². The maximum atomic E-state index is 5.72. The van der Waals surface area contributed by atoms with Gasteiger partial charge in [-0.25, -0.2) is 0 Å². The van der Waals surface area contributed by atoms with E-state index < -0.39 is 0 Å². The average Bonchev–Trinajstić information content (AvgIpc) is 3.15. The van der Waals surface area contributed by atoms with Gasteiger partial charge in [0.1, 0.15) is 5.76 Å². The Labute approximate surface area is 145 Å². The molecular weight excluding hydrogens is 292 g/mol. The highest BCUT2D eigenvalue weighted by molar-refractivity contribution is 5.30. The van der Waals surface area contributed by atoms with E-state index in [4.69, 9.17) is 4.42 Å². The molecule has 0 saturated carbocycles. The zero-order valence-corrected chi connectivity index (χ0v) is 14.6. The Kier molecular flexibility index (Phi) is 5.53. The van der Waals surface area contributed by atoms with Crippen LogP contribution in [0.5, 0.6) is 0 Å². The molecule has 0 aliphatic rings. The van der Waals surface area contributed by atoms with E-state index >= 15 is 0 Å². The van der Waals surface area contributed by atoms with Crippen LogP contribution in [0.4, 0.5) is 0 Å². The predicted molar refractivity (Wildman–Crippen MR) is 100 cm³/mol. The van der Waals surface area contributed by atoms with Crippen LogP contribution in [0.15, 0.2) is 77.4 Å². The fraction of sp³-hybridized carbons (Fsp3) is 0.304. The van der Waals surface area contributed by atoms with Gasteiger partial charge in [-0.05, 0) is 48.9 Å². The molecular formula is C23H26O. The van der Waals surface area contributed by atoms with E-state index in [1.165, 1.54) is 29.5 Å². The summed E-state index contributed by atoms with van der Waals surface area (Å²) in [7, 11) is 0. The van der Waals surface area contributed by atoms with Gasteiger partial charge in [0.2, 0.25) is 0 Å². The second-order valence-electron chi connectivity index (χ2n) is 6.72. The van der Waals surface area contributed by atoms with Crippen LogP contribution in [-0.2, 0) is 0 Å². The molecule has 0 saturated heterocycles. The molecule has 2 unspecified atom stereocenters. The standard InChI is InChI=1S/C23H26O/c1-18-13-15-21(16-14-18)22(23-12-7-17-24-23)11-6-8-19(2)20-9-4-3-5-10-20/h3-5,7,9-10,12-17,19,22H,6,8,11H2,1-2H3. The normalized spacial score (nSPS) is 13.6. The highest BCUT2D eigenvalue weighted by atomic mass is 16.3. The summed E-state index contributed by atoms with van der Waals surface area (Å²) < 4.78 is 5.72. The molecule has 0 bridgehead atoms. The summed E-state index contributed by atoms with van der Waals surface area (Å²) in [5.74, 6) is 2.02. The van der Waals surface area contributed by atoms with Crippen molar-refractivity contribution in [1.82, 2.24) is 0 Å². The Morgan fingerprint density at radius 3 is 2.21 bits per heavy atom. The molecule has 0 fully saturated rings. The fourth-order valence-electron chi connectivity index (χ4n) is 3.34. The molecule has 1 heteroatoms. The highest BCUT2D eigenvalue weighted by Gasteiger charge is 2.17. The smallest absolute Gasteiger partial charge is 0.111 e. The minimum atomic E-state index is 0.351. The molecule has 24 heavy (non-hydrogen) atoms. The molecule has 2 atom stereocenters. The third kappa shape index (κ3) is 4.17. The molecule has 2 aromatic carbocycles. The van der Waals surface area contributed by atoms with Crippen LogP contribution in [0.2, 0.25) is 0 Å². The molecule has 1 heterocycles. The quantitative estimate of drug-likeness (QED) is 0.473. The van der Waals surface area contributed by atoms with Crippen molar-refractivity contribution in [3.8, 4) is 0 Å². The maximum Gasteiger partial charge on any atom is 0.111 e. The van der Waals surface area contributed by atoms with Gasteiger partial charge in [0.25, 0.3) is 0 Å². The molecule has 1 nitrogen and oxygen atoms in total. The first kappa shape index (κ1) is 16.6. The van der Waals surface area contributed by atoms with E-state index in [1.54, 1.807) is 6.26 Å². The van der Waals surface area contributed by atoms with Crippen LogP contribution in [0.25, 0.3) is 0 Å². The van der Waals surface area contributed by atoms with Crippen LogP contribution in [0.1, 0.15) is 60.5 Å². The Morgan fingerprint density at radius 1 is 0.792 bits per heavy atom. The SMILES string of the molecule is Cc1ccc(C(CCCC(C)c2ccccc2)c2ccco2)cc1. The fourth-order valence-corrected chi connectivity index (χ4v) is 3.34. The minimum Gasteiger partial charge on any atom is -0.469 e. The number of aryl methyl sites for hydroxylation is 1. The van der Waals surface area contributed by atoms with Crippen molar-refractivity contribution in [1.29, 1.82) is 0 Å². The van der Waals surface area contributed by atoms with Crippen molar-refractivity contribution in [2.45, 2.75) is 44.9 Å². The first-order chi connectivity index (χ1) is 11.7.